The maximum absolute atomic E-state index is 6.53. The molecule has 0 aliphatic heterocycles. The number of aromatic amines is 1. The molecule has 0 spiro atoms. The van der Waals surface area contributed by atoms with Crippen LogP contribution in [-0.2, 0) is 6.42 Å². The highest BCUT2D eigenvalue weighted by molar-refractivity contribution is 6.39. The SMILES string of the molecule is CN(C)c1cccc(-c2[nH]c3cc(Cl)cc(Cl)c3c2CCCCN)c1. The number of anilines is 1. The van der Waals surface area contributed by atoms with E-state index in [0.29, 0.717) is 16.6 Å². The summed E-state index contributed by atoms with van der Waals surface area (Å²) in [6, 6.07) is 12.2. The molecule has 0 aliphatic carbocycles. The summed E-state index contributed by atoms with van der Waals surface area (Å²) in [5.74, 6) is 0. The van der Waals surface area contributed by atoms with Crippen molar-refractivity contribution in [2.45, 2.75) is 19.3 Å². The molecule has 3 N–H and O–H groups in total. The third-order valence-electron chi connectivity index (χ3n) is 4.45. The van der Waals surface area contributed by atoms with Crippen LogP contribution in [0.5, 0.6) is 0 Å². The maximum Gasteiger partial charge on any atom is 0.0517 e. The summed E-state index contributed by atoms with van der Waals surface area (Å²) in [5, 5.41) is 2.39. The zero-order chi connectivity index (χ0) is 18.0. The molecule has 1 heterocycles. The molecule has 5 heteroatoms. The average molecular weight is 376 g/mol. The number of unbranched alkanes of at least 4 members (excludes halogenated alkanes) is 1. The molecule has 25 heavy (non-hydrogen) atoms. The van der Waals surface area contributed by atoms with Crippen LogP contribution in [0.1, 0.15) is 18.4 Å². The fourth-order valence-electron chi connectivity index (χ4n) is 3.20. The molecule has 0 radical (unpaired) electrons. The Morgan fingerprint density at radius 3 is 2.60 bits per heavy atom. The van der Waals surface area contributed by atoms with Crippen molar-refractivity contribution in [3.05, 3.63) is 52.0 Å². The van der Waals surface area contributed by atoms with Gasteiger partial charge in [0, 0.05) is 47.0 Å². The summed E-state index contributed by atoms with van der Waals surface area (Å²) in [4.78, 5) is 5.64. The van der Waals surface area contributed by atoms with E-state index in [1.54, 1.807) is 0 Å². The van der Waals surface area contributed by atoms with Gasteiger partial charge >= 0.3 is 0 Å². The minimum absolute atomic E-state index is 0.640. The van der Waals surface area contributed by atoms with Gasteiger partial charge in [-0.15, -0.1) is 0 Å². The van der Waals surface area contributed by atoms with Gasteiger partial charge in [0.15, 0.2) is 0 Å². The second-order valence-electron chi connectivity index (χ2n) is 6.48. The lowest BCUT2D eigenvalue weighted by atomic mass is 10.00. The Balaban J connectivity index is 2.17. The number of nitrogens with one attached hydrogen (secondary N) is 1. The molecule has 0 amide bonds. The van der Waals surface area contributed by atoms with Gasteiger partial charge in [-0.05, 0) is 55.6 Å². The van der Waals surface area contributed by atoms with E-state index in [-0.39, 0.29) is 0 Å². The number of fused-ring (bicyclic) bond motifs is 1. The summed E-state index contributed by atoms with van der Waals surface area (Å²) >= 11 is 12.7. The van der Waals surface area contributed by atoms with Gasteiger partial charge in [0.05, 0.1) is 5.02 Å². The Morgan fingerprint density at radius 2 is 1.88 bits per heavy atom. The van der Waals surface area contributed by atoms with E-state index >= 15 is 0 Å². The number of hydrogen-bond donors (Lipinski definition) is 2. The van der Waals surface area contributed by atoms with Crippen LogP contribution in [0.25, 0.3) is 22.2 Å². The van der Waals surface area contributed by atoms with Gasteiger partial charge in [0.2, 0.25) is 0 Å². The minimum Gasteiger partial charge on any atom is -0.378 e. The molecule has 3 aromatic rings. The van der Waals surface area contributed by atoms with Crippen molar-refractivity contribution in [1.29, 1.82) is 0 Å². The molecule has 0 atom stereocenters. The number of rotatable bonds is 6. The number of aryl methyl sites for hydroxylation is 1. The number of nitrogens with zero attached hydrogens (tertiary/aromatic N) is 1. The van der Waals surface area contributed by atoms with Crippen molar-refractivity contribution >= 4 is 39.8 Å². The summed E-state index contributed by atoms with van der Waals surface area (Å²) in [6.07, 6.45) is 2.96. The zero-order valence-electron chi connectivity index (χ0n) is 14.6. The van der Waals surface area contributed by atoms with Crippen molar-refractivity contribution in [2.24, 2.45) is 5.73 Å². The molecular weight excluding hydrogens is 353 g/mol. The number of aromatic nitrogens is 1. The number of benzene rings is 2. The summed E-state index contributed by atoms with van der Waals surface area (Å²) in [7, 11) is 4.09. The second kappa shape index (κ2) is 7.69. The van der Waals surface area contributed by atoms with Gasteiger partial charge in [-0.25, -0.2) is 0 Å². The topological polar surface area (TPSA) is 45.0 Å². The summed E-state index contributed by atoms with van der Waals surface area (Å²) in [6.45, 7) is 0.702. The van der Waals surface area contributed by atoms with Gasteiger partial charge in [-0.1, -0.05) is 35.3 Å². The first-order valence-corrected chi connectivity index (χ1v) is 9.24. The number of H-pyrrole nitrogens is 1. The maximum atomic E-state index is 6.53. The molecule has 3 nitrogen and oxygen atoms in total. The highest BCUT2D eigenvalue weighted by Gasteiger charge is 2.16. The molecule has 1 aromatic heterocycles. The first kappa shape index (κ1) is 18.1. The van der Waals surface area contributed by atoms with Crippen LogP contribution in [0.3, 0.4) is 0 Å². The molecule has 0 bridgehead atoms. The van der Waals surface area contributed by atoms with Crippen molar-refractivity contribution in [2.75, 3.05) is 25.5 Å². The predicted molar refractivity (Wildman–Crippen MR) is 110 cm³/mol. The van der Waals surface area contributed by atoms with Gasteiger partial charge < -0.3 is 15.6 Å². The fourth-order valence-corrected chi connectivity index (χ4v) is 3.80. The molecule has 0 aliphatic rings. The van der Waals surface area contributed by atoms with Crippen molar-refractivity contribution in [3.63, 3.8) is 0 Å². The van der Waals surface area contributed by atoms with E-state index in [9.17, 15) is 0 Å². The Morgan fingerprint density at radius 1 is 1.08 bits per heavy atom. The smallest absolute Gasteiger partial charge is 0.0517 e. The quantitative estimate of drug-likeness (QED) is 0.559. The minimum atomic E-state index is 0.640. The molecular formula is C20H23Cl2N3. The number of halogens is 2. The first-order valence-electron chi connectivity index (χ1n) is 8.48. The third kappa shape index (κ3) is 3.79. The van der Waals surface area contributed by atoms with Crippen LogP contribution >= 0.6 is 23.2 Å². The van der Waals surface area contributed by atoms with Crippen molar-refractivity contribution in [1.82, 2.24) is 4.98 Å². The van der Waals surface area contributed by atoms with E-state index < -0.39 is 0 Å². The monoisotopic (exact) mass is 375 g/mol. The average Bonchev–Trinajstić information content (AvgIpc) is 2.94. The normalized spacial score (nSPS) is 11.2. The molecule has 132 valence electrons. The van der Waals surface area contributed by atoms with Crippen LogP contribution in [0.2, 0.25) is 10.0 Å². The largest absolute Gasteiger partial charge is 0.378 e. The van der Waals surface area contributed by atoms with Crippen LogP contribution in [0.15, 0.2) is 36.4 Å². The lowest BCUT2D eigenvalue weighted by Crippen LogP contribution is -2.08. The van der Waals surface area contributed by atoms with E-state index in [0.717, 1.165) is 47.1 Å². The third-order valence-corrected chi connectivity index (χ3v) is 4.97. The molecule has 0 fully saturated rings. The van der Waals surface area contributed by atoms with Crippen LogP contribution < -0.4 is 10.6 Å². The van der Waals surface area contributed by atoms with E-state index in [1.807, 2.05) is 26.2 Å². The van der Waals surface area contributed by atoms with Crippen LogP contribution in [-0.4, -0.2) is 25.6 Å². The number of hydrogen-bond acceptors (Lipinski definition) is 2. The lowest BCUT2D eigenvalue weighted by Gasteiger charge is -2.14. The summed E-state index contributed by atoms with van der Waals surface area (Å²) in [5.41, 5.74) is 11.3. The molecule has 2 aromatic carbocycles. The zero-order valence-corrected chi connectivity index (χ0v) is 16.1. The van der Waals surface area contributed by atoms with Crippen LogP contribution in [0.4, 0.5) is 5.69 Å². The second-order valence-corrected chi connectivity index (χ2v) is 7.32. The predicted octanol–water partition coefficient (Wildman–Crippen LogP) is 5.49. The molecule has 0 saturated carbocycles. The van der Waals surface area contributed by atoms with Crippen molar-refractivity contribution < 1.29 is 0 Å². The van der Waals surface area contributed by atoms with E-state index in [1.165, 1.54) is 5.56 Å². The van der Waals surface area contributed by atoms with Crippen molar-refractivity contribution in [3.8, 4) is 11.3 Å². The first-order chi connectivity index (χ1) is 12.0. The fraction of sp³-hybridized carbons (Fsp3) is 0.300. The number of nitrogens with two attached hydrogens (primary N) is 1. The van der Waals surface area contributed by atoms with Crippen LogP contribution in [0, 0.1) is 0 Å². The highest BCUT2D eigenvalue weighted by Crippen LogP contribution is 2.38. The van der Waals surface area contributed by atoms with Gasteiger partial charge in [-0.2, -0.15) is 0 Å². The van der Waals surface area contributed by atoms with Gasteiger partial charge in [0.1, 0.15) is 0 Å². The Bertz CT molecular complexity index is 884. The Labute approximate surface area is 158 Å². The Kier molecular flexibility index (Phi) is 5.57. The molecule has 0 unspecified atom stereocenters. The molecule has 3 rings (SSSR count). The highest BCUT2D eigenvalue weighted by atomic mass is 35.5. The van der Waals surface area contributed by atoms with Gasteiger partial charge in [-0.3, -0.25) is 0 Å². The molecule has 0 saturated heterocycles. The van der Waals surface area contributed by atoms with E-state index in [4.69, 9.17) is 28.9 Å². The van der Waals surface area contributed by atoms with E-state index in [2.05, 4.69) is 34.1 Å². The standard InChI is InChI=1S/C20H23Cl2N3/c1-25(2)15-7-5-6-13(10-15)20-16(8-3-4-9-23)19-17(22)11-14(21)12-18(19)24-20/h5-7,10-12,24H,3-4,8-9,23H2,1-2H3. The van der Waals surface area contributed by atoms with Gasteiger partial charge in [0.25, 0.3) is 0 Å². The Hall–Kier alpha value is -1.68. The summed E-state index contributed by atoms with van der Waals surface area (Å²) < 4.78 is 0. The lowest BCUT2D eigenvalue weighted by molar-refractivity contribution is 0.748.